The summed E-state index contributed by atoms with van der Waals surface area (Å²) in [5.74, 6) is 0.733. The van der Waals surface area contributed by atoms with Crippen molar-refractivity contribution in [1.82, 2.24) is 9.97 Å². The van der Waals surface area contributed by atoms with Gasteiger partial charge in [-0.05, 0) is 18.2 Å². The lowest BCUT2D eigenvalue weighted by atomic mass is 10.1. The minimum absolute atomic E-state index is 0.190. The van der Waals surface area contributed by atoms with Crippen LogP contribution in [0, 0.1) is 10.5 Å². The Bertz CT molecular complexity index is 652. The van der Waals surface area contributed by atoms with Crippen LogP contribution in [0.5, 0.6) is 5.75 Å². The Hall–Kier alpha value is -1.75. The zero-order valence-corrected chi connectivity index (χ0v) is 11.8. The molecule has 0 radical (unpaired) electrons. The molecule has 1 heterocycles. The van der Waals surface area contributed by atoms with Gasteiger partial charge in [-0.1, -0.05) is 32.1 Å². The zero-order valence-electron chi connectivity index (χ0n) is 11.0. The van der Waals surface area contributed by atoms with E-state index in [0.717, 1.165) is 5.82 Å². The molecule has 0 atom stereocenters. The van der Waals surface area contributed by atoms with E-state index in [1.54, 1.807) is 24.3 Å². The number of methoxy groups -OCH3 is 1. The fraction of sp³-hybridized carbons (Fsp3) is 0.286. The molecule has 0 aliphatic rings. The van der Waals surface area contributed by atoms with Crippen LogP contribution >= 0.6 is 12.2 Å². The molecule has 5 heteroatoms. The third-order valence-corrected chi connectivity index (χ3v) is 2.99. The van der Waals surface area contributed by atoms with E-state index in [-0.39, 0.29) is 11.7 Å². The molecule has 3 nitrogen and oxygen atoms in total. The molecule has 19 heavy (non-hydrogen) atoms. The van der Waals surface area contributed by atoms with Gasteiger partial charge in [0.2, 0.25) is 0 Å². The van der Waals surface area contributed by atoms with Gasteiger partial charge in [0, 0.05) is 11.5 Å². The number of aromatic nitrogens is 2. The van der Waals surface area contributed by atoms with Gasteiger partial charge in [0.15, 0.2) is 11.6 Å². The van der Waals surface area contributed by atoms with Crippen molar-refractivity contribution in [3.8, 4) is 17.0 Å². The predicted octanol–water partition coefficient (Wildman–Crippen LogP) is 4.08. The maximum Gasteiger partial charge on any atom is 0.174 e. The lowest BCUT2D eigenvalue weighted by Gasteiger charge is -2.10. The predicted molar refractivity (Wildman–Crippen MR) is 75.5 cm³/mol. The van der Waals surface area contributed by atoms with E-state index < -0.39 is 5.82 Å². The highest BCUT2D eigenvalue weighted by atomic mass is 32.1. The highest BCUT2D eigenvalue weighted by molar-refractivity contribution is 7.71. The second-order valence-corrected chi connectivity index (χ2v) is 4.91. The average Bonchev–Trinajstić information content (AvgIpc) is 2.38. The smallest absolute Gasteiger partial charge is 0.174 e. The van der Waals surface area contributed by atoms with Crippen LogP contribution in [0.15, 0.2) is 24.3 Å². The van der Waals surface area contributed by atoms with Gasteiger partial charge in [0.25, 0.3) is 0 Å². The van der Waals surface area contributed by atoms with Gasteiger partial charge in [-0.2, -0.15) is 0 Å². The number of aromatic amines is 1. The van der Waals surface area contributed by atoms with E-state index in [4.69, 9.17) is 17.0 Å². The molecule has 1 N–H and O–H groups in total. The first-order chi connectivity index (χ1) is 9.02. The van der Waals surface area contributed by atoms with Crippen LogP contribution < -0.4 is 4.74 Å². The first kappa shape index (κ1) is 13.7. The summed E-state index contributed by atoms with van der Waals surface area (Å²) in [6, 6.07) is 6.66. The van der Waals surface area contributed by atoms with Crippen molar-refractivity contribution in [2.75, 3.05) is 7.11 Å². The van der Waals surface area contributed by atoms with Crippen molar-refractivity contribution < 1.29 is 9.13 Å². The molecule has 0 spiro atoms. The van der Waals surface area contributed by atoms with Crippen molar-refractivity contribution in [1.29, 1.82) is 0 Å². The molecular formula is C14H15FN2OS. The van der Waals surface area contributed by atoms with Gasteiger partial charge in [-0.25, -0.2) is 9.37 Å². The molecule has 0 fully saturated rings. The molecule has 2 rings (SSSR count). The number of nitrogens with one attached hydrogen (secondary N) is 1. The first-order valence-electron chi connectivity index (χ1n) is 5.97. The van der Waals surface area contributed by atoms with Crippen LogP contribution in [-0.2, 0) is 0 Å². The van der Waals surface area contributed by atoms with Crippen molar-refractivity contribution in [3.05, 3.63) is 40.5 Å². The Morgan fingerprint density at radius 1 is 1.37 bits per heavy atom. The Kier molecular flexibility index (Phi) is 3.95. The number of hydrogen-bond donors (Lipinski definition) is 1. The number of benzene rings is 1. The quantitative estimate of drug-likeness (QED) is 0.860. The second kappa shape index (κ2) is 5.48. The normalized spacial score (nSPS) is 10.8. The van der Waals surface area contributed by atoms with E-state index in [0.29, 0.717) is 15.9 Å². The number of ether oxygens (including phenoxy) is 1. The van der Waals surface area contributed by atoms with Gasteiger partial charge in [-0.3, -0.25) is 0 Å². The number of hydrogen-bond acceptors (Lipinski definition) is 3. The third-order valence-electron chi connectivity index (χ3n) is 2.78. The molecule has 0 saturated heterocycles. The SMILES string of the molecule is COc1cccc(-c2cc(=S)nc(C(C)C)[nH]2)c1F. The summed E-state index contributed by atoms with van der Waals surface area (Å²) >= 11 is 5.13. The molecule has 0 unspecified atom stereocenters. The standard InChI is InChI=1S/C14H15FN2OS/c1-8(2)14-16-10(7-12(19)17-14)9-5-4-6-11(18-3)13(9)15/h4-8H,1-3H3,(H,16,17,19). The molecule has 100 valence electrons. The zero-order chi connectivity index (χ0) is 14.0. The molecule has 1 aromatic carbocycles. The molecule has 1 aromatic heterocycles. The Morgan fingerprint density at radius 2 is 2.11 bits per heavy atom. The summed E-state index contributed by atoms with van der Waals surface area (Å²) in [5, 5.41) is 0. The summed E-state index contributed by atoms with van der Waals surface area (Å²) in [4.78, 5) is 7.36. The van der Waals surface area contributed by atoms with Crippen molar-refractivity contribution in [2.45, 2.75) is 19.8 Å². The van der Waals surface area contributed by atoms with E-state index in [9.17, 15) is 4.39 Å². The van der Waals surface area contributed by atoms with Crippen LogP contribution in [0.1, 0.15) is 25.6 Å². The van der Waals surface area contributed by atoms with Crippen LogP contribution in [0.25, 0.3) is 11.3 Å². The molecule has 0 amide bonds. The van der Waals surface area contributed by atoms with Gasteiger partial charge in [0.1, 0.15) is 10.5 Å². The number of H-pyrrole nitrogens is 1. The first-order valence-corrected chi connectivity index (χ1v) is 6.38. The summed E-state index contributed by atoms with van der Waals surface area (Å²) in [6.45, 7) is 4.00. The lowest BCUT2D eigenvalue weighted by molar-refractivity contribution is 0.387. The Morgan fingerprint density at radius 3 is 2.74 bits per heavy atom. The van der Waals surface area contributed by atoms with E-state index in [1.807, 2.05) is 13.8 Å². The maximum absolute atomic E-state index is 14.2. The van der Waals surface area contributed by atoms with E-state index >= 15 is 0 Å². The average molecular weight is 278 g/mol. The van der Waals surface area contributed by atoms with Crippen molar-refractivity contribution in [2.24, 2.45) is 0 Å². The van der Waals surface area contributed by atoms with Gasteiger partial charge in [0.05, 0.1) is 12.8 Å². The largest absolute Gasteiger partial charge is 0.494 e. The molecular weight excluding hydrogens is 263 g/mol. The van der Waals surface area contributed by atoms with Crippen LogP contribution in [0.4, 0.5) is 4.39 Å². The fourth-order valence-electron chi connectivity index (χ4n) is 1.77. The molecule has 0 bridgehead atoms. The summed E-state index contributed by atoms with van der Waals surface area (Å²) in [7, 11) is 1.44. The third kappa shape index (κ3) is 2.81. The van der Waals surface area contributed by atoms with Gasteiger partial charge < -0.3 is 9.72 Å². The maximum atomic E-state index is 14.2. The van der Waals surface area contributed by atoms with E-state index in [1.165, 1.54) is 7.11 Å². The van der Waals surface area contributed by atoms with E-state index in [2.05, 4.69) is 9.97 Å². The monoisotopic (exact) mass is 278 g/mol. The van der Waals surface area contributed by atoms with Crippen LogP contribution in [0.2, 0.25) is 0 Å². The number of rotatable bonds is 3. The Labute approximate surface area is 116 Å². The van der Waals surface area contributed by atoms with Crippen LogP contribution in [-0.4, -0.2) is 17.1 Å². The van der Waals surface area contributed by atoms with Crippen molar-refractivity contribution in [3.63, 3.8) is 0 Å². The second-order valence-electron chi connectivity index (χ2n) is 4.49. The van der Waals surface area contributed by atoms with Gasteiger partial charge in [-0.15, -0.1) is 0 Å². The van der Waals surface area contributed by atoms with Gasteiger partial charge >= 0.3 is 0 Å². The summed E-state index contributed by atoms with van der Waals surface area (Å²) in [5.41, 5.74) is 1.04. The number of halogens is 1. The van der Waals surface area contributed by atoms with Crippen molar-refractivity contribution >= 4 is 12.2 Å². The minimum Gasteiger partial charge on any atom is -0.494 e. The topological polar surface area (TPSA) is 37.9 Å². The molecule has 2 aromatic rings. The number of nitrogens with zero attached hydrogens (tertiary/aromatic N) is 1. The highest BCUT2D eigenvalue weighted by Gasteiger charge is 2.12. The lowest BCUT2D eigenvalue weighted by Crippen LogP contribution is -2.00. The summed E-state index contributed by atoms with van der Waals surface area (Å²) < 4.78 is 19.7. The Balaban J connectivity index is 2.62. The fourth-order valence-corrected chi connectivity index (χ4v) is 1.99. The van der Waals surface area contributed by atoms with Crippen LogP contribution in [0.3, 0.4) is 0 Å². The molecule has 0 saturated carbocycles. The minimum atomic E-state index is -0.406. The summed E-state index contributed by atoms with van der Waals surface area (Å²) in [6.07, 6.45) is 0. The highest BCUT2D eigenvalue weighted by Crippen LogP contribution is 2.28. The molecule has 0 aliphatic heterocycles. The molecule has 0 aliphatic carbocycles.